The van der Waals surface area contributed by atoms with Gasteiger partial charge in [-0.15, -0.1) is 0 Å². The lowest BCUT2D eigenvalue weighted by molar-refractivity contribution is -0.158. The van der Waals surface area contributed by atoms with Crippen molar-refractivity contribution in [2.45, 2.75) is 51.7 Å². The molecular formula is C9H17F2NO2. The molecule has 0 aliphatic heterocycles. The second-order valence-electron chi connectivity index (χ2n) is 4.41. The molecule has 0 aromatic rings. The van der Waals surface area contributed by atoms with Crippen molar-refractivity contribution >= 4 is 5.97 Å². The lowest BCUT2D eigenvalue weighted by Gasteiger charge is -2.23. The minimum Gasteiger partial charge on any atom is -0.459 e. The molecule has 5 heteroatoms. The predicted octanol–water partition coefficient (Wildman–Crippen LogP) is 1.70. The van der Waals surface area contributed by atoms with E-state index in [1.807, 2.05) is 0 Å². The predicted molar refractivity (Wildman–Crippen MR) is 49.1 cm³/mol. The van der Waals surface area contributed by atoms with Crippen LogP contribution in [0.2, 0.25) is 0 Å². The van der Waals surface area contributed by atoms with E-state index >= 15 is 0 Å². The van der Waals surface area contributed by atoms with Crippen LogP contribution in [0.1, 0.15) is 34.1 Å². The average Bonchev–Trinajstić information content (AvgIpc) is 1.78. The van der Waals surface area contributed by atoms with Crippen LogP contribution >= 0.6 is 0 Å². The number of carbonyl (C=O) groups is 1. The number of halogens is 2. The Morgan fingerprint density at radius 1 is 1.36 bits per heavy atom. The highest BCUT2D eigenvalue weighted by Gasteiger charge is 2.31. The smallest absolute Gasteiger partial charge is 0.323 e. The zero-order chi connectivity index (χ0) is 11.6. The molecule has 0 radical (unpaired) electrons. The Kier molecular flexibility index (Phi) is 4.00. The number of hydrogen-bond acceptors (Lipinski definition) is 3. The van der Waals surface area contributed by atoms with E-state index in [9.17, 15) is 13.6 Å². The largest absolute Gasteiger partial charge is 0.459 e. The molecule has 0 aliphatic carbocycles. The van der Waals surface area contributed by atoms with Gasteiger partial charge in [-0.1, -0.05) is 0 Å². The molecule has 0 aromatic heterocycles. The Balaban J connectivity index is 4.15. The summed E-state index contributed by atoms with van der Waals surface area (Å²) in [5.41, 5.74) is 4.56. The van der Waals surface area contributed by atoms with Gasteiger partial charge in [-0.25, -0.2) is 8.78 Å². The molecule has 1 unspecified atom stereocenters. The molecule has 0 heterocycles. The Morgan fingerprint density at radius 2 is 1.79 bits per heavy atom. The van der Waals surface area contributed by atoms with Crippen molar-refractivity contribution in [3.63, 3.8) is 0 Å². The van der Waals surface area contributed by atoms with E-state index in [4.69, 9.17) is 10.5 Å². The summed E-state index contributed by atoms with van der Waals surface area (Å²) in [5, 5.41) is 0. The molecule has 0 rings (SSSR count). The number of ether oxygens (including phenoxy) is 1. The maximum atomic E-state index is 12.5. The number of nitrogens with two attached hydrogens (primary N) is 1. The van der Waals surface area contributed by atoms with Gasteiger partial charge in [-0.05, 0) is 27.7 Å². The van der Waals surface area contributed by atoms with Gasteiger partial charge < -0.3 is 10.5 Å². The quantitative estimate of drug-likeness (QED) is 0.720. The molecule has 14 heavy (non-hydrogen) atoms. The minimum atomic E-state index is -2.95. The van der Waals surface area contributed by atoms with E-state index in [0.29, 0.717) is 0 Å². The highest BCUT2D eigenvalue weighted by Crippen LogP contribution is 2.19. The van der Waals surface area contributed by atoms with Crippen LogP contribution in [0.15, 0.2) is 0 Å². The number of alkyl halides is 2. The number of rotatable bonds is 3. The van der Waals surface area contributed by atoms with E-state index in [2.05, 4.69) is 0 Å². The third-order valence-electron chi connectivity index (χ3n) is 1.29. The lowest BCUT2D eigenvalue weighted by Crippen LogP contribution is -2.40. The van der Waals surface area contributed by atoms with Crippen molar-refractivity contribution in [1.82, 2.24) is 0 Å². The molecule has 0 aliphatic rings. The summed E-state index contributed by atoms with van der Waals surface area (Å²) < 4.78 is 29.8. The van der Waals surface area contributed by atoms with E-state index in [1.54, 1.807) is 20.8 Å². The summed E-state index contributed by atoms with van der Waals surface area (Å²) >= 11 is 0. The Hall–Kier alpha value is -0.710. The van der Waals surface area contributed by atoms with Crippen LogP contribution in [0, 0.1) is 0 Å². The fourth-order valence-corrected chi connectivity index (χ4v) is 0.847. The maximum Gasteiger partial charge on any atom is 0.323 e. The number of hydrogen-bond donors (Lipinski definition) is 1. The Morgan fingerprint density at radius 3 is 2.07 bits per heavy atom. The van der Waals surface area contributed by atoms with E-state index in [-0.39, 0.29) is 0 Å². The van der Waals surface area contributed by atoms with Crippen molar-refractivity contribution < 1.29 is 18.3 Å². The van der Waals surface area contributed by atoms with Crippen LogP contribution < -0.4 is 5.73 Å². The molecular weight excluding hydrogens is 192 g/mol. The van der Waals surface area contributed by atoms with Gasteiger partial charge in [0.1, 0.15) is 11.6 Å². The molecule has 0 saturated carbocycles. The summed E-state index contributed by atoms with van der Waals surface area (Å²) in [4.78, 5) is 11.2. The zero-order valence-electron chi connectivity index (χ0n) is 8.93. The van der Waals surface area contributed by atoms with Gasteiger partial charge in [0.05, 0.1) is 0 Å². The van der Waals surface area contributed by atoms with Crippen LogP contribution in [0.4, 0.5) is 8.78 Å². The highest BCUT2D eigenvalue weighted by molar-refractivity contribution is 5.75. The summed E-state index contributed by atoms with van der Waals surface area (Å²) in [6, 6.07) is -1.27. The van der Waals surface area contributed by atoms with Crippen molar-refractivity contribution in [2.75, 3.05) is 0 Å². The monoisotopic (exact) mass is 209 g/mol. The Bertz CT molecular complexity index is 206. The first-order valence-corrected chi connectivity index (χ1v) is 4.37. The van der Waals surface area contributed by atoms with Crippen molar-refractivity contribution in [1.29, 1.82) is 0 Å². The average molecular weight is 209 g/mol. The van der Waals surface area contributed by atoms with Gasteiger partial charge in [-0.2, -0.15) is 0 Å². The topological polar surface area (TPSA) is 52.3 Å². The molecule has 1 atom stereocenters. The minimum absolute atomic E-state index is 0.693. The van der Waals surface area contributed by atoms with Crippen LogP contribution in [0.5, 0.6) is 0 Å². The van der Waals surface area contributed by atoms with Gasteiger partial charge in [0.25, 0.3) is 0 Å². The molecule has 3 nitrogen and oxygen atoms in total. The van der Waals surface area contributed by atoms with Gasteiger partial charge >= 0.3 is 5.97 Å². The maximum absolute atomic E-state index is 12.5. The summed E-state index contributed by atoms with van der Waals surface area (Å²) in [6.07, 6.45) is -0.693. The molecule has 2 N–H and O–H groups in total. The number of carbonyl (C=O) groups excluding carboxylic acids is 1. The highest BCUT2D eigenvalue weighted by atomic mass is 19.3. The second-order valence-corrected chi connectivity index (χ2v) is 4.41. The van der Waals surface area contributed by atoms with Gasteiger partial charge in [-0.3, -0.25) is 4.79 Å². The lowest BCUT2D eigenvalue weighted by atomic mass is 10.1. The van der Waals surface area contributed by atoms with E-state index < -0.39 is 30.0 Å². The first kappa shape index (κ1) is 13.3. The molecule has 0 fully saturated rings. The third kappa shape index (κ3) is 6.77. The summed E-state index contributed by atoms with van der Waals surface area (Å²) in [7, 11) is 0. The molecule has 0 amide bonds. The fraction of sp³-hybridized carbons (Fsp3) is 0.889. The van der Waals surface area contributed by atoms with Gasteiger partial charge in [0.2, 0.25) is 5.92 Å². The van der Waals surface area contributed by atoms with Crippen LogP contribution in [-0.4, -0.2) is 23.5 Å². The van der Waals surface area contributed by atoms with Crippen LogP contribution in [-0.2, 0) is 9.53 Å². The molecule has 0 saturated heterocycles. The van der Waals surface area contributed by atoms with Crippen molar-refractivity contribution in [2.24, 2.45) is 5.73 Å². The summed E-state index contributed by atoms with van der Waals surface area (Å²) in [5.74, 6) is -3.74. The van der Waals surface area contributed by atoms with Crippen molar-refractivity contribution in [3.8, 4) is 0 Å². The standard InChI is InChI=1S/C9H17F2NO2/c1-8(2,3)14-7(13)6(12)5-9(4,10)11/h6H,5,12H2,1-4H3. The fourth-order valence-electron chi connectivity index (χ4n) is 0.847. The number of esters is 1. The Labute approximate surface area is 82.6 Å². The van der Waals surface area contributed by atoms with Gasteiger partial charge in [0.15, 0.2) is 0 Å². The SMILES string of the molecule is CC(F)(F)CC(N)C(=O)OC(C)(C)C. The molecule has 0 spiro atoms. The third-order valence-corrected chi connectivity index (χ3v) is 1.29. The molecule has 0 aromatic carbocycles. The van der Waals surface area contributed by atoms with Crippen LogP contribution in [0.25, 0.3) is 0 Å². The zero-order valence-corrected chi connectivity index (χ0v) is 8.93. The molecule has 84 valence electrons. The molecule has 0 bridgehead atoms. The first-order valence-electron chi connectivity index (χ1n) is 4.37. The van der Waals surface area contributed by atoms with Crippen LogP contribution in [0.3, 0.4) is 0 Å². The van der Waals surface area contributed by atoms with E-state index in [1.165, 1.54) is 0 Å². The van der Waals surface area contributed by atoms with E-state index in [0.717, 1.165) is 6.92 Å². The van der Waals surface area contributed by atoms with Crippen molar-refractivity contribution in [3.05, 3.63) is 0 Å². The second kappa shape index (κ2) is 4.21. The van der Waals surface area contributed by atoms with Gasteiger partial charge in [0, 0.05) is 6.42 Å². The first-order chi connectivity index (χ1) is 6.01. The normalized spacial score (nSPS) is 15.1. The summed E-state index contributed by atoms with van der Waals surface area (Å²) in [6.45, 7) is 5.68.